The summed E-state index contributed by atoms with van der Waals surface area (Å²) in [4.78, 5) is 0.376. The van der Waals surface area contributed by atoms with E-state index in [4.69, 9.17) is 0 Å². The van der Waals surface area contributed by atoms with E-state index in [2.05, 4.69) is 19.2 Å². The van der Waals surface area contributed by atoms with Gasteiger partial charge in [-0.2, -0.15) is 0 Å². The molecule has 3 nitrogen and oxygen atoms in total. The van der Waals surface area contributed by atoms with Crippen molar-refractivity contribution in [1.29, 1.82) is 0 Å². The Morgan fingerprint density at radius 3 is 2.13 bits per heavy atom. The average Bonchev–Trinajstić information content (AvgIpc) is 2.18. The van der Waals surface area contributed by atoms with E-state index in [1.54, 1.807) is 19.2 Å². The van der Waals surface area contributed by atoms with Gasteiger partial charge in [-0.25, -0.2) is 8.42 Å². The van der Waals surface area contributed by atoms with Gasteiger partial charge in [0.25, 0.3) is 0 Å². The van der Waals surface area contributed by atoms with Crippen LogP contribution in [-0.4, -0.2) is 21.3 Å². The molecule has 0 aliphatic heterocycles. The molecule has 0 atom stereocenters. The Morgan fingerprint density at radius 1 is 1.20 bits per heavy atom. The largest absolute Gasteiger partial charge is 0.306 e. The summed E-state index contributed by atoms with van der Waals surface area (Å²) >= 11 is 0. The molecule has 0 saturated carbocycles. The van der Waals surface area contributed by atoms with Crippen LogP contribution < -0.4 is 5.32 Å². The van der Waals surface area contributed by atoms with Gasteiger partial charge in [0.1, 0.15) is 5.88 Å². The Morgan fingerprint density at radius 2 is 1.73 bits per heavy atom. The number of benzene rings is 1. The molecular weight excluding hydrogens is 210 g/mol. The highest BCUT2D eigenvalue weighted by Crippen LogP contribution is 2.17. The molecule has 0 bridgehead atoms. The summed E-state index contributed by atoms with van der Waals surface area (Å²) in [5, 5.41) is 2.66. The van der Waals surface area contributed by atoms with E-state index in [0.29, 0.717) is 10.8 Å². The zero-order valence-electron chi connectivity index (χ0n) is 9.32. The van der Waals surface area contributed by atoms with Crippen LogP contribution in [0.25, 0.3) is 0 Å². The highest BCUT2D eigenvalue weighted by atomic mass is 32.2. The zero-order valence-corrected chi connectivity index (χ0v) is 10.1. The fourth-order valence-corrected chi connectivity index (χ4v) is 2.43. The van der Waals surface area contributed by atoms with Crippen LogP contribution >= 0.6 is 0 Å². The SMILES string of the molecule is CNCS(=O)(=O)c1ccc(C(C)C)cc1. The minimum Gasteiger partial charge on any atom is -0.306 e. The summed E-state index contributed by atoms with van der Waals surface area (Å²) in [6.45, 7) is 4.16. The van der Waals surface area contributed by atoms with E-state index in [9.17, 15) is 8.42 Å². The number of rotatable bonds is 4. The van der Waals surface area contributed by atoms with Crippen LogP contribution in [0.1, 0.15) is 25.3 Å². The van der Waals surface area contributed by atoms with Gasteiger partial charge in [-0.1, -0.05) is 26.0 Å². The smallest absolute Gasteiger partial charge is 0.191 e. The monoisotopic (exact) mass is 227 g/mol. The van der Waals surface area contributed by atoms with E-state index in [1.165, 1.54) is 0 Å². The zero-order chi connectivity index (χ0) is 11.5. The van der Waals surface area contributed by atoms with Gasteiger partial charge in [-0.05, 0) is 30.7 Å². The maximum absolute atomic E-state index is 11.7. The normalized spacial score (nSPS) is 12.0. The molecule has 0 unspecified atom stereocenters. The van der Waals surface area contributed by atoms with Gasteiger partial charge in [0.05, 0.1) is 4.90 Å². The van der Waals surface area contributed by atoms with Gasteiger partial charge in [-0.15, -0.1) is 0 Å². The third-order valence-corrected chi connectivity index (χ3v) is 3.90. The first-order chi connectivity index (χ1) is 6.97. The highest BCUT2D eigenvalue weighted by molar-refractivity contribution is 7.91. The summed E-state index contributed by atoms with van der Waals surface area (Å²) in [6, 6.07) is 7.07. The Balaban J connectivity index is 2.99. The van der Waals surface area contributed by atoms with Gasteiger partial charge in [0.2, 0.25) is 0 Å². The molecule has 0 aromatic heterocycles. The predicted molar refractivity (Wildman–Crippen MR) is 61.6 cm³/mol. The maximum Gasteiger partial charge on any atom is 0.191 e. The Hall–Kier alpha value is -0.870. The van der Waals surface area contributed by atoms with Crippen LogP contribution in [0.4, 0.5) is 0 Å². The fraction of sp³-hybridized carbons (Fsp3) is 0.455. The summed E-state index contributed by atoms with van der Waals surface area (Å²) in [7, 11) is -1.54. The van der Waals surface area contributed by atoms with Crippen molar-refractivity contribution in [3.8, 4) is 0 Å². The molecule has 15 heavy (non-hydrogen) atoms. The molecule has 0 aliphatic carbocycles. The van der Waals surface area contributed by atoms with Crippen molar-refractivity contribution in [2.45, 2.75) is 24.7 Å². The molecule has 84 valence electrons. The summed E-state index contributed by atoms with van der Waals surface area (Å²) in [5.74, 6) is 0.402. The van der Waals surface area contributed by atoms with Crippen molar-refractivity contribution in [1.82, 2.24) is 5.32 Å². The second-order valence-electron chi connectivity index (χ2n) is 3.84. The Labute approximate surface area is 91.4 Å². The maximum atomic E-state index is 11.7. The van der Waals surface area contributed by atoms with Crippen molar-refractivity contribution in [3.05, 3.63) is 29.8 Å². The first-order valence-electron chi connectivity index (χ1n) is 4.94. The molecule has 0 amide bonds. The molecule has 0 aliphatic rings. The molecule has 0 saturated heterocycles. The molecule has 1 N–H and O–H groups in total. The minimum atomic E-state index is -3.16. The number of hydrogen-bond acceptors (Lipinski definition) is 3. The van der Waals surface area contributed by atoms with Gasteiger partial charge >= 0.3 is 0 Å². The number of nitrogens with one attached hydrogen (secondary N) is 1. The van der Waals surface area contributed by atoms with Crippen LogP contribution in [0.2, 0.25) is 0 Å². The molecule has 0 spiro atoms. The van der Waals surface area contributed by atoms with Crippen LogP contribution in [0.5, 0.6) is 0 Å². The number of sulfone groups is 1. The first kappa shape index (κ1) is 12.2. The van der Waals surface area contributed by atoms with Crippen molar-refractivity contribution in [2.75, 3.05) is 12.9 Å². The first-order valence-corrected chi connectivity index (χ1v) is 6.60. The molecule has 1 aromatic carbocycles. The summed E-state index contributed by atoms with van der Waals surface area (Å²) < 4.78 is 23.3. The van der Waals surface area contributed by atoms with Crippen molar-refractivity contribution >= 4 is 9.84 Å². The standard InChI is InChI=1S/C11H17NO2S/c1-9(2)10-4-6-11(7-5-10)15(13,14)8-12-3/h4-7,9,12H,8H2,1-3H3. The van der Waals surface area contributed by atoms with Gasteiger partial charge < -0.3 is 5.32 Å². The Kier molecular flexibility index (Phi) is 3.88. The summed E-state index contributed by atoms with van der Waals surface area (Å²) in [5.41, 5.74) is 1.15. The van der Waals surface area contributed by atoms with Crippen LogP contribution in [0, 0.1) is 0 Å². The molecule has 1 rings (SSSR count). The second-order valence-corrected chi connectivity index (χ2v) is 5.83. The molecule has 4 heteroatoms. The third-order valence-electron chi connectivity index (χ3n) is 2.24. The van der Waals surface area contributed by atoms with E-state index in [0.717, 1.165) is 5.56 Å². The van der Waals surface area contributed by atoms with Gasteiger partial charge in [0.15, 0.2) is 9.84 Å². The molecule has 1 aromatic rings. The lowest BCUT2D eigenvalue weighted by molar-refractivity contribution is 0.591. The predicted octanol–water partition coefficient (Wildman–Crippen LogP) is 1.76. The lowest BCUT2D eigenvalue weighted by Gasteiger charge is -2.07. The van der Waals surface area contributed by atoms with Crippen molar-refractivity contribution in [2.24, 2.45) is 0 Å². The molecule has 0 radical (unpaired) electrons. The Bertz CT molecular complexity index is 407. The van der Waals surface area contributed by atoms with Crippen LogP contribution in [-0.2, 0) is 9.84 Å². The molecular formula is C11H17NO2S. The second kappa shape index (κ2) is 4.77. The topological polar surface area (TPSA) is 46.2 Å². The van der Waals surface area contributed by atoms with E-state index in [-0.39, 0.29) is 5.88 Å². The highest BCUT2D eigenvalue weighted by Gasteiger charge is 2.12. The van der Waals surface area contributed by atoms with E-state index < -0.39 is 9.84 Å². The number of hydrogen-bond donors (Lipinski definition) is 1. The van der Waals surface area contributed by atoms with Gasteiger partial charge in [0, 0.05) is 0 Å². The van der Waals surface area contributed by atoms with Gasteiger partial charge in [-0.3, -0.25) is 0 Å². The van der Waals surface area contributed by atoms with E-state index >= 15 is 0 Å². The fourth-order valence-electron chi connectivity index (χ4n) is 1.33. The summed E-state index contributed by atoms with van der Waals surface area (Å²) in [6.07, 6.45) is 0. The molecule has 0 heterocycles. The average molecular weight is 227 g/mol. The lowest BCUT2D eigenvalue weighted by atomic mass is 10.0. The lowest BCUT2D eigenvalue weighted by Crippen LogP contribution is -2.19. The van der Waals surface area contributed by atoms with Crippen molar-refractivity contribution in [3.63, 3.8) is 0 Å². The quantitative estimate of drug-likeness (QED) is 0.852. The third kappa shape index (κ3) is 3.04. The molecule has 0 fully saturated rings. The minimum absolute atomic E-state index is 0.0198. The van der Waals surface area contributed by atoms with Crippen molar-refractivity contribution < 1.29 is 8.42 Å². The van der Waals surface area contributed by atoms with E-state index in [1.807, 2.05) is 12.1 Å². The van der Waals surface area contributed by atoms with Crippen LogP contribution in [0.3, 0.4) is 0 Å². The van der Waals surface area contributed by atoms with Crippen LogP contribution in [0.15, 0.2) is 29.2 Å².